The summed E-state index contributed by atoms with van der Waals surface area (Å²) in [4.78, 5) is 2.27. The molecule has 2 aromatic carbocycles. The maximum Gasteiger partial charge on any atom is 0.416 e. The van der Waals surface area contributed by atoms with Crippen LogP contribution in [0.25, 0.3) is 0 Å². The van der Waals surface area contributed by atoms with E-state index in [1.165, 1.54) is 17.7 Å². The van der Waals surface area contributed by atoms with E-state index >= 15 is 0 Å². The van der Waals surface area contributed by atoms with Crippen LogP contribution in [0, 0.1) is 6.92 Å². The number of hydrogen-bond donors (Lipinski definition) is 0. The Balaban J connectivity index is 1.66. The minimum absolute atomic E-state index is 0.0296. The highest BCUT2D eigenvalue weighted by Crippen LogP contribution is 2.32. The predicted molar refractivity (Wildman–Crippen MR) is 88.5 cm³/mol. The molecule has 2 aromatic rings. The maximum absolute atomic E-state index is 12.6. The molecule has 0 aliphatic carbocycles. The van der Waals surface area contributed by atoms with Crippen LogP contribution in [0.5, 0.6) is 5.75 Å². The van der Waals surface area contributed by atoms with E-state index in [9.17, 15) is 13.2 Å². The van der Waals surface area contributed by atoms with E-state index in [4.69, 9.17) is 4.74 Å². The van der Waals surface area contributed by atoms with Gasteiger partial charge in [0.05, 0.1) is 12.1 Å². The van der Waals surface area contributed by atoms with Crippen molar-refractivity contribution in [2.45, 2.75) is 38.6 Å². The minimum atomic E-state index is -4.32. The van der Waals surface area contributed by atoms with Gasteiger partial charge in [-0.05, 0) is 50.2 Å². The third-order valence-electron chi connectivity index (χ3n) is 4.39. The fourth-order valence-corrected chi connectivity index (χ4v) is 3.08. The molecule has 1 saturated heterocycles. The second-order valence-corrected chi connectivity index (χ2v) is 6.33. The lowest BCUT2D eigenvalue weighted by Crippen LogP contribution is -2.28. The van der Waals surface area contributed by atoms with E-state index < -0.39 is 11.7 Å². The average molecular weight is 335 g/mol. The van der Waals surface area contributed by atoms with Crippen LogP contribution in [0.15, 0.2) is 48.5 Å². The minimum Gasteiger partial charge on any atom is -0.489 e. The summed E-state index contributed by atoms with van der Waals surface area (Å²) in [6, 6.07) is 13.6. The van der Waals surface area contributed by atoms with Crippen molar-refractivity contribution in [3.63, 3.8) is 0 Å². The van der Waals surface area contributed by atoms with Crippen LogP contribution >= 0.6 is 0 Å². The molecule has 0 radical (unpaired) electrons. The number of halogens is 3. The van der Waals surface area contributed by atoms with Gasteiger partial charge < -0.3 is 9.64 Å². The average Bonchev–Trinajstić information content (AvgIpc) is 2.88. The molecule has 1 aliphatic rings. The highest BCUT2D eigenvalue weighted by Gasteiger charge is 2.32. The zero-order valence-corrected chi connectivity index (χ0v) is 13.7. The highest BCUT2D eigenvalue weighted by molar-refractivity contribution is 5.49. The highest BCUT2D eigenvalue weighted by atomic mass is 19.4. The lowest BCUT2D eigenvalue weighted by molar-refractivity contribution is -0.137. The second-order valence-electron chi connectivity index (χ2n) is 6.33. The Morgan fingerprint density at radius 1 is 1.00 bits per heavy atom. The molecule has 2 atom stereocenters. The zero-order valence-electron chi connectivity index (χ0n) is 13.7. The van der Waals surface area contributed by atoms with Gasteiger partial charge in [0.15, 0.2) is 0 Å². The fraction of sp³-hybridized carbons (Fsp3) is 0.368. The monoisotopic (exact) mass is 335 g/mol. The van der Waals surface area contributed by atoms with E-state index in [0.29, 0.717) is 11.8 Å². The van der Waals surface area contributed by atoms with Gasteiger partial charge in [0.2, 0.25) is 0 Å². The first-order valence-corrected chi connectivity index (χ1v) is 8.00. The molecule has 3 rings (SSSR count). The Morgan fingerprint density at radius 3 is 2.21 bits per heavy atom. The summed E-state index contributed by atoms with van der Waals surface area (Å²) in [5, 5.41) is 0. The summed E-state index contributed by atoms with van der Waals surface area (Å²) < 4.78 is 43.7. The van der Waals surface area contributed by atoms with E-state index in [1.54, 1.807) is 0 Å². The van der Waals surface area contributed by atoms with E-state index in [-0.39, 0.29) is 6.10 Å². The standard InChI is InChI=1S/C19H20F3NO/c1-13-3-7-16(8-4-13)23-12-18(11-14(23)2)24-17-9-5-15(6-10-17)19(20,21)22/h3-10,14,18H,11-12H2,1-2H3/t14-,18+/m1/s1. The third-order valence-corrected chi connectivity index (χ3v) is 4.39. The zero-order chi connectivity index (χ0) is 17.3. The Morgan fingerprint density at radius 2 is 1.62 bits per heavy atom. The molecule has 0 aromatic heterocycles. The first kappa shape index (κ1) is 16.7. The van der Waals surface area contributed by atoms with Crippen molar-refractivity contribution in [3.8, 4) is 5.75 Å². The SMILES string of the molecule is Cc1ccc(N2C[C@@H](Oc3ccc(C(F)(F)F)cc3)C[C@H]2C)cc1. The van der Waals surface area contributed by atoms with E-state index in [0.717, 1.165) is 30.8 Å². The van der Waals surface area contributed by atoms with Crippen molar-refractivity contribution in [2.24, 2.45) is 0 Å². The summed E-state index contributed by atoms with van der Waals surface area (Å²) in [5.41, 5.74) is 1.70. The van der Waals surface area contributed by atoms with Gasteiger partial charge in [-0.25, -0.2) is 0 Å². The van der Waals surface area contributed by atoms with Crippen LogP contribution in [0.3, 0.4) is 0 Å². The molecule has 128 valence electrons. The van der Waals surface area contributed by atoms with Crippen molar-refractivity contribution >= 4 is 5.69 Å². The first-order valence-electron chi connectivity index (χ1n) is 8.00. The van der Waals surface area contributed by atoms with Gasteiger partial charge in [0, 0.05) is 18.2 Å². The van der Waals surface area contributed by atoms with Crippen LogP contribution in [-0.2, 0) is 6.18 Å². The Bertz CT molecular complexity index is 679. The van der Waals surface area contributed by atoms with Crippen molar-refractivity contribution in [3.05, 3.63) is 59.7 Å². The topological polar surface area (TPSA) is 12.5 Å². The van der Waals surface area contributed by atoms with Crippen LogP contribution < -0.4 is 9.64 Å². The van der Waals surface area contributed by atoms with Gasteiger partial charge in [-0.3, -0.25) is 0 Å². The summed E-state index contributed by atoms with van der Waals surface area (Å²) in [6.07, 6.45) is -3.50. The first-order chi connectivity index (χ1) is 11.3. The molecule has 0 spiro atoms. The molecular weight excluding hydrogens is 315 g/mol. The molecule has 0 N–H and O–H groups in total. The number of aryl methyl sites for hydroxylation is 1. The molecule has 2 nitrogen and oxygen atoms in total. The van der Waals surface area contributed by atoms with Crippen LogP contribution in [0.4, 0.5) is 18.9 Å². The molecule has 0 saturated carbocycles. The quantitative estimate of drug-likeness (QED) is 0.777. The van der Waals surface area contributed by atoms with Gasteiger partial charge in [-0.15, -0.1) is 0 Å². The van der Waals surface area contributed by atoms with Crippen molar-refractivity contribution in [2.75, 3.05) is 11.4 Å². The molecule has 0 amide bonds. The Hall–Kier alpha value is -2.17. The van der Waals surface area contributed by atoms with Gasteiger partial charge in [-0.1, -0.05) is 17.7 Å². The molecule has 1 fully saturated rings. The largest absolute Gasteiger partial charge is 0.489 e. The number of benzene rings is 2. The number of alkyl halides is 3. The van der Waals surface area contributed by atoms with Crippen molar-refractivity contribution < 1.29 is 17.9 Å². The molecule has 24 heavy (non-hydrogen) atoms. The van der Waals surface area contributed by atoms with Crippen LogP contribution in [0.1, 0.15) is 24.5 Å². The number of rotatable bonds is 3. The summed E-state index contributed by atoms with van der Waals surface area (Å²) in [7, 11) is 0. The van der Waals surface area contributed by atoms with Gasteiger partial charge in [0.25, 0.3) is 0 Å². The summed E-state index contributed by atoms with van der Waals surface area (Å²) in [5.74, 6) is 0.478. The molecule has 0 unspecified atom stereocenters. The molecule has 1 heterocycles. The number of ether oxygens (including phenoxy) is 1. The maximum atomic E-state index is 12.6. The fourth-order valence-electron chi connectivity index (χ4n) is 3.08. The molecule has 0 bridgehead atoms. The molecule has 5 heteroatoms. The van der Waals surface area contributed by atoms with Crippen molar-refractivity contribution in [1.29, 1.82) is 0 Å². The Kier molecular flexibility index (Phi) is 4.43. The third kappa shape index (κ3) is 3.66. The molecule has 1 aliphatic heterocycles. The van der Waals surface area contributed by atoms with E-state index in [1.807, 2.05) is 6.92 Å². The van der Waals surface area contributed by atoms with Crippen LogP contribution in [-0.4, -0.2) is 18.7 Å². The lowest BCUT2D eigenvalue weighted by atomic mass is 10.2. The van der Waals surface area contributed by atoms with Gasteiger partial charge >= 0.3 is 6.18 Å². The van der Waals surface area contributed by atoms with Crippen molar-refractivity contribution in [1.82, 2.24) is 0 Å². The van der Waals surface area contributed by atoms with Gasteiger partial charge in [-0.2, -0.15) is 13.2 Å². The predicted octanol–water partition coefficient (Wildman–Crippen LogP) is 5.06. The number of anilines is 1. The lowest BCUT2D eigenvalue weighted by Gasteiger charge is -2.23. The van der Waals surface area contributed by atoms with E-state index in [2.05, 4.69) is 36.1 Å². The Labute approximate surface area is 139 Å². The smallest absolute Gasteiger partial charge is 0.416 e. The van der Waals surface area contributed by atoms with Crippen LogP contribution in [0.2, 0.25) is 0 Å². The second kappa shape index (κ2) is 6.38. The number of nitrogens with zero attached hydrogens (tertiary/aromatic N) is 1. The molecular formula is C19H20F3NO. The normalized spacial score (nSPS) is 21.1. The number of hydrogen-bond acceptors (Lipinski definition) is 2. The summed E-state index contributed by atoms with van der Waals surface area (Å²) >= 11 is 0. The van der Waals surface area contributed by atoms with Gasteiger partial charge in [0.1, 0.15) is 11.9 Å². The summed E-state index contributed by atoms with van der Waals surface area (Å²) in [6.45, 7) is 4.91.